The fourth-order valence-electron chi connectivity index (χ4n) is 11.4. The SMILES string of the molecule is CC(C)[C@@H]1NC(=O)[C@@H](NC(=O)[C@H](Cc2ccc(O)cc2)NC(=O)[C@@H]2CCCN2C(=O)CCN)CSSC[C@H](C(N)=O)NC(=O)[C@H](CCC(=O)O)NC(=O)[C@H](Cc2c[nH]c3ccccc23)NC(=O)[C@H](CCC(N)=O)NC(=O)CCNC(=O)[C@H](CCCNC(=N)N)NC(=O)[C@H](Cc2ccc(O)cc2)NC1=O. The Morgan fingerprint density at radius 1 is 0.663 bits per heavy atom. The lowest BCUT2D eigenvalue weighted by Gasteiger charge is -2.29. The number of fused-ring (bicyclic) bond motifs is 1. The van der Waals surface area contributed by atoms with Crippen LogP contribution in [-0.2, 0) is 86.4 Å². The summed E-state index contributed by atoms with van der Waals surface area (Å²) in [7, 11) is 1.69. The van der Waals surface area contributed by atoms with Crippen LogP contribution in [0.15, 0.2) is 79.0 Å². The fourth-order valence-corrected chi connectivity index (χ4v) is 13.7. The molecular formula is C67H92N18O17S2. The van der Waals surface area contributed by atoms with E-state index in [1.165, 1.54) is 53.4 Å². The molecule has 10 atom stereocenters. The van der Waals surface area contributed by atoms with E-state index >= 15 is 4.79 Å². The second-order valence-electron chi connectivity index (χ2n) is 25.3. The maximum Gasteiger partial charge on any atom is 0.303 e. The number of carboxylic acid groups (broad SMARTS) is 1. The van der Waals surface area contributed by atoms with Gasteiger partial charge in [-0.05, 0) is 91.5 Å². The summed E-state index contributed by atoms with van der Waals surface area (Å²) >= 11 is 0. The van der Waals surface area contributed by atoms with E-state index < -0.39 is 199 Å². The number of para-hydroxylation sites is 1. The Morgan fingerprint density at radius 3 is 1.88 bits per heavy atom. The summed E-state index contributed by atoms with van der Waals surface area (Å²) < 4.78 is 0. The number of carbonyl (C=O) groups excluding carboxylic acids is 13. The molecule has 2 aliphatic heterocycles. The Balaban J connectivity index is 1.41. The lowest BCUT2D eigenvalue weighted by atomic mass is 10.00. The molecule has 0 unspecified atom stereocenters. The van der Waals surface area contributed by atoms with Gasteiger partial charge in [0.25, 0.3) is 0 Å². The van der Waals surface area contributed by atoms with Crippen molar-refractivity contribution in [2.24, 2.45) is 28.9 Å². The van der Waals surface area contributed by atoms with Gasteiger partial charge in [-0.3, -0.25) is 72.5 Å². The van der Waals surface area contributed by atoms with Crippen LogP contribution in [0.2, 0.25) is 0 Å². The summed E-state index contributed by atoms with van der Waals surface area (Å²) in [6.07, 6.45) is -1.40. The van der Waals surface area contributed by atoms with E-state index in [2.05, 4.69) is 63.5 Å². The number of aromatic hydroxyl groups is 2. The van der Waals surface area contributed by atoms with E-state index in [1.54, 1.807) is 44.3 Å². The molecule has 37 heteroatoms. The Kier molecular flexibility index (Phi) is 32.3. The number of nitrogens with zero attached hydrogens (tertiary/aromatic N) is 1. The third-order valence-electron chi connectivity index (χ3n) is 17.0. The number of phenols is 2. The molecule has 24 N–H and O–H groups in total. The molecule has 35 nitrogen and oxygen atoms in total. The minimum atomic E-state index is -1.75. The fraction of sp³-hybridized carbons (Fsp3) is 0.478. The number of primary amides is 2. The molecule has 0 radical (unpaired) electrons. The molecule has 0 bridgehead atoms. The van der Waals surface area contributed by atoms with Crippen LogP contribution in [0.4, 0.5) is 0 Å². The van der Waals surface area contributed by atoms with Crippen LogP contribution in [0, 0.1) is 11.3 Å². The van der Waals surface area contributed by atoms with E-state index in [4.69, 9.17) is 28.3 Å². The van der Waals surface area contributed by atoms with Crippen molar-refractivity contribution in [3.05, 3.63) is 95.7 Å². The summed E-state index contributed by atoms with van der Waals surface area (Å²) in [5, 5.41) is 67.0. The Hall–Kier alpha value is -10.7. The van der Waals surface area contributed by atoms with E-state index in [0.717, 1.165) is 21.6 Å². The third kappa shape index (κ3) is 26.3. The van der Waals surface area contributed by atoms with Crippen molar-refractivity contribution in [3.8, 4) is 11.5 Å². The molecular weight excluding hydrogens is 1390 g/mol. The van der Waals surface area contributed by atoms with E-state index in [1.807, 2.05) is 0 Å². The quantitative estimate of drug-likeness (QED) is 0.0142. The first-order chi connectivity index (χ1) is 49.5. The maximum atomic E-state index is 15.0. The number of carbonyl (C=O) groups is 14. The van der Waals surface area contributed by atoms with Crippen molar-refractivity contribution in [2.75, 3.05) is 37.7 Å². The van der Waals surface area contributed by atoms with Gasteiger partial charge in [0.2, 0.25) is 76.8 Å². The van der Waals surface area contributed by atoms with Crippen molar-refractivity contribution < 1.29 is 82.4 Å². The van der Waals surface area contributed by atoms with Crippen molar-refractivity contribution in [3.63, 3.8) is 0 Å². The van der Waals surface area contributed by atoms with Crippen LogP contribution in [0.1, 0.15) is 94.7 Å². The third-order valence-corrected chi connectivity index (χ3v) is 19.4. The van der Waals surface area contributed by atoms with E-state index in [9.17, 15) is 77.6 Å². The average Bonchev–Trinajstić information content (AvgIpc) is 1.66. The second kappa shape index (κ2) is 40.8. The number of likely N-dealkylation sites (tertiary alicyclic amines) is 1. The number of carboxylic acids is 1. The molecule has 6 rings (SSSR count). The number of hydrogen-bond acceptors (Lipinski definition) is 20. The predicted molar refractivity (Wildman–Crippen MR) is 382 cm³/mol. The number of guanidine groups is 1. The van der Waals surface area contributed by atoms with Crippen LogP contribution >= 0.6 is 21.6 Å². The topological polar surface area (TPSA) is 579 Å². The number of hydrogen-bond donors (Lipinski definition) is 20. The molecule has 564 valence electrons. The highest BCUT2D eigenvalue weighted by Gasteiger charge is 2.39. The van der Waals surface area contributed by atoms with Gasteiger partial charge in [-0.2, -0.15) is 0 Å². The molecule has 104 heavy (non-hydrogen) atoms. The van der Waals surface area contributed by atoms with Crippen molar-refractivity contribution in [1.29, 1.82) is 5.41 Å². The Labute approximate surface area is 606 Å². The molecule has 4 aromatic rings. The molecule has 2 aliphatic rings. The van der Waals surface area contributed by atoms with Gasteiger partial charge in [0.1, 0.15) is 71.9 Å². The molecule has 3 heterocycles. The Morgan fingerprint density at radius 2 is 1.25 bits per heavy atom. The number of aromatic nitrogens is 1. The van der Waals surface area contributed by atoms with Crippen molar-refractivity contribution in [1.82, 2.24) is 68.4 Å². The van der Waals surface area contributed by atoms with Crippen LogP contribution in [0.5, 0.6) is 11.5 Å². The molecule has 2 fully saturated rings. The number of H-pyrrole nitrogens is 1. The first kappa shape index (κ1) is 82.3. The highest BCUT2D eigenvalue weighted by molar-refractivity contribution is 8.76. The predicted octanol–water partition coefficient (Wildman–Crippen LogP) is -3.25. The number of benzene rings is 3. The van der Waals surface area contributed by atoms with Crippen LogP contribution in [-0.4, -0.2) is 212 Å². The molecule has 13 amide bonds. The van der Waals surface area contributed by atoms with Gasteiger partial charge in [-0.1, -0.05) is 77.9 Å². The van der Waals surface area contributed by atoms with E-state index in [0.29, 0.717) is 34.0 Å². The summed E-state index contributed by atoms with van der Waals surface area (Å²) in [5.41, 5.74) is 24.5. The number of aliphatic carboxylic acids is 1. The van der Waals surface area contributed by atoms with Crippen molar-refractivity contribution in [2.45, 2.75) is 158 Å². The van der Waals surface area contributed by atoms with Gasteiger partial charge in [-0.15, -0.1) is 0 Å². The van der Waals surface area contributed by atoms with Gasteiger partial charge >= 0.3 is 5.97 Å². The first-order valence-electron chi connectivity index (χ1n) is 33.7. The lowest BCUT2D eigenvalue weighted by Crippen LogP contribution is -2.61. The van der Waals surface area contributed by atoms with Gasteiger partial charge in [-0.25, -0.2) is 0 Å². The molecule has 0 saturated carbocycles. The summed E-state index contributed by atoms with van der Waals surface area (Å²) in [4.78, 5) is 200. The van der Waals surface area contributed by atoms with Crippen LogP contribution < -0.4 is 81.4 Å². The number of nitrogens with two attached hydrogens (primary N) is 4. The molecule has 1 aromatic heterocycles. The largest absolute Gasteiger partial charge is 0.508 e. The zero-order valence-electron chi connectivity index (χ0n) is 57.4. The van der Waals surface area contributed by atoms with Crippen molar-refractivity contribution >= 4 is 121 Å². The minimum Gasteiger partial charge on any atom is -0.508 e. The van der Waals surface area contributed by atoms with Crippen LogP contribution in [0.3, 0.4) is 0 Å². The second-order valence-corrected chi connectivity index (χ2v) is 27.9. The highest BCUT2D eigenvalue weighted by Crippen LogP contribution is 2.26. The lowest BCUT2D eigenvalue weighted by molar-refractivity contribution is -0.139. The zero-order chi connectivity index (χ0) is 76.2. The molecule has 3 aromatic carbocycles. The standard InChI is InChI=1S/C67H92N18O17S2/c1-35(2)56-66(102)81-47(30-37-13-17-40(87)18-14-37)61(97)77-43(9-5-26-74-67(71)72)58(94)73-27-24-53(89)76-44(19-21-52(69)88)59(95)79-48(31-38-32-75-42-8-4-3-7-41(38)42)63(99)78-45(20-22-55(91)92)60(96)82-49(57(70)93)33-103-104-34-50(64(100)84-56)83-62(98)46(29-36-11-15-39(86)16-12-36)80-65(101)51-10-6-28-85(51)54(90)23-25-68/h3-4,7-8,11-18,32,35,43-51,56,75,86-87H,5-6,9-10,19-31,33-34,68H2,1-2H3,(H2,69,88)(H2,70,93)(H,73,94)(H,76,89)(H,77,97)(H,78,99)(H,79,95)(H,80,101)(H,81,102)(H,82,96)(H,83,98)(H,84,100)(H,91,92)(H4,71,72,74)/t43-,44-,45-,46-,47-,48-,49+,50-,51-,56-/m0/s1. The number of phenolic OH excluding ortho intramolecular Hbond substituents is 2. The van der Waals surface area contributed by atoms with Gasteiger partial charge in [0.05, 0.1) is 0 Å². The molecule has 0 aliphatic carbocycles. The maximum absolute atomic E-state index is 15.0. The normalized spacial score (nSPS) is 22.2. The zero-order valence-corrected chi connectivity index (χ0v) is 59.1. The van der Waals surface area contributed by atoms with E-state index in [-0.39, 0.29) is 82.0 Å². The smallest absolute Gasteiger partial charge is 0.303 e. The number of nitrogens with one attached hydrogen (secondary N) is 13. The van der Waals surface area contributed by atoms with Gasteiger partial charge in [0, 0.05) is 99.7 Å². The van der Waals surface area contributed by atoms with Crippen LogP contribution in [0.25, 0.3) is 10.9 Å². The Bertz CT molecular complexity index is 3730. The average molecular weight is 1490 g/mol. The number of rotatable bonds is 24. The monoisotopic (exact) mass is 1480 g/mol. The summed E-state index contributed by atoms with van der Waals surface area (Å²) in [6.45, 7) is 2.95. The van der Waals surface area contributed by atoms with Gasteiger partial charge < -0.3 is 107 Å². The summed E-state index contributed by atoms with van der Waals surface area (Å²) in [6, 6.07) is 2.92. The first-order valence-corrected chi connectivity index (χ1v) is 36.2. The molecule has 0 spiro atoms. The highest BCUT2D eigenvalue weighted by atomic mass is 33.1. The van der Waals surface area contributed by atoms with Gasteiger partial charge in [0.15, 0.2) is 5.96 Å². The minimum absolute atomic E-state index is 0.00628. The number of aromatic amines is 1. The summed E-state index contributed by atoms with van der Waals surface area (Å²) in [5.74, 6) is -15.5. The molecule has 2 saturated heterocycles. The number of amides is 13.